The van der Waals surface area contributed by atoms with Crippen LogP contribution in [0, 0.1) is 0 Å². The fourth-order valence-electron chi connectivity index (χ4n) is 1.36. The highest BCUT2D eigenvalue weighted by Crippen LogP contribution is 2.34. The van der Waals surface area contributed by atoms with Crippen LogP contribution in [0.15, 0.2) is 21.9 Å². The molecule has 1 N–H and O–H groups in total. The fraction of sp³-hybridized carbons (Fsp3) is 0.444. The second-order valence-corrected chi connectivity index (χ2v) is 3.77. The first-order valence-corrected chi connectivity index (χ1v) is 4.80. The van der Waals surface area contributed by atoms with Crippen molar-refractivity contribution in [3.8, 4) is 0 Å². The Morgan fingerprint density at radius 3 is 2.69 bits per heavy atom. The zero-order valence-electron chi connectivity index (χ0n) is 7.34. The molecule has 0 amide bonds. The van der Waals surface area contributed by atoms with Gasteiger partial charge in [0.15, 0.2) is 0 Å². The molecule has 0 unspecified atom stereocenters. The summed E-state index contributed by atoms with van der Waals surface area (Å²) in [5.74, 6) is -0.935. The summed E-state index contributed by atoms with van der Waals surface area (Å²) in [6.45, 7) is 0. The van der Waals surface area contributed by atoms with Crippen molar-refractivity contribution in [2.75, 3.05) is 7.11 Å². The van der Waals surface area contributed by atoms with E-state index in [4.69, 9.17) is 9.84 Å². The van der Waals surface area contributed by atoms with Gasteiger partial charge in [0.25, 0.3) is 0 Å². The molecule has 0 saturated carbocycles. The van der Waals surface area contributed by atoms with Crippen LogP contribution in [0.2, 0.25) is 0 Å². The van der Waals surface area contributed by atoms with E-state index >= 15 is 0 Å². The number of allylic oxidation sites excluding steroid dienone is 1. The minimum Gasteiger partial charge on any atom is -0.503 e. The van der Waals surface area contributed by atoms with Crippen LogP contribution in [0.4, 0.5) is 0 Å². The number of methoxy groups -OCH3 is 1. The maximum Gasteiger partial charge on any atom is 0.339 e. The van der Waals surface area contributed by atoms with Gasteiger partial charge >= 0.3 is 5.97 Å². The number of ether oxygens (including phenoxy) is 1. The van der Waals surface area contributed by atoms with Crippen LogP contribution in [-0.2, 0) is 9.53 Å². The van der Waals surface area contributed by atoms with Gasteiger partial charge in [-0.1, -0.05) is 15.9 Å². The van der Waals surface area contributed by atoms with Crippen molar-refractivity contribution < 1.29 is 14.6 Å². The lowest BCUT2D eigenvalue weighted by Gasteiger charge is -2.03. The maximum absolute atomic E-state index is 10.8. The summed E-state index contributed by atoms with van der Waals surface area (Å²) in [5, 5.41) is 8.88. The molecular formula is C9H11BrO3. The Morgan fingerprint density at radius 1 is 1.62 bits per heavy atom. The van der Waals surface area contributed by atoms with Crippen LogP contribution in [0.25, 0.3) is 0 Å². The molecule has 0 aromatic rings. The lowest BCUT2D eigenvalue weighted by Crippen LogP contribution is -2.03. The number of aliphatic carboxylic acids is 1. The molecule has 0 fully saturated rings. The molecule has 72 valence electrons. The predicted octanol–water partition coefficient (Wildman–Crippen LogP) is 2.43. The van der Waals surface area contributed by atoms with Crippen molar-refractivity contribution in [1.82, 2.24) is 0 Å². The highest BCUT2D eigenvalue weighted by atomic mass is 79.9. The summed E-state index contributed by atoms with van der Waals surface area (Å²) in [6, 6.07) is 0. The van der Waals surface area contributed by atoms with Gasteiger partial charge in [-0.15, -0.1) is 0 Å². The minimum atomic E-state index is -0.935. The van der Waals surface area contributed by atoms with Crippen molar-refractivity contribution in [3.63, 3.8) is 0 Å². The van der Waals surface area contributed by atoms with E-state index in [2.05, 4.69) is 15.9 Å². The van der Waals surface area contributed by atoms with Crippen molar-refractivity contribution in [3.05, 3.63) is 21.9 Å². The second kappa shape index (κ2) is 4.46. The van der Waals surface area contributed by atoms with Gasteiger partial charge in [0.2, 0.25) is 0 Å². The highest BCUT2D eigenvalue weighted by molar-refractivity contribution is 9.11. The summed E-state index contributed by atoms with van der Waals surface area (Å²) in [4.78, 5) is 10.8. The van der Waals surface area contributed by atoms with E-state index < -0.39 is 5.97 Å². The predicted molar refractivity (Wildman–Crippen MR) is 52.5 cm³/mol. The van der Waals surface area contributed by atoms with E-state index in [0.29, 0.717) is 0 Å². The zero-order chi connectivity index (χ0) is 9.84. The SMILES string of the molecule is CO/C=C(/C(=O)O)C1=C(Br)CCC1. The number of hydrogen-bond donors (Lipinski definition) is 1. The quantitative estimate of drug-likeness (QED) is 0.615. The van der Waals surface area contributed by atoms with Crippen LogP contribution >= 0.6 is 15.9 Å². The number of hydrogen-bond acceptors (Lipinski definition) is 2. The molecule has 4 heteroatoms. The summed E-state index contributed by atoms with van der Waals surface area (Å²) in [7, 11) is 1.45. The molecule has 0 radical (unpaired) electrons. The summed E-state index contributed by atoms with van der Waals surface area (Å²) >= 11 is 3.36. The van der Waals surface area contributed by atoms with Crippen molar-refractivity contribution in [2.24, 2.45) is 0 Å². The Labute approximate surface area is 85.2 Å². The van der Waals surface area contributed by atoms with E-state index in [-0.39, 0.29) is 5.57 Å². The van der Waals surface area contributed by atoms with Crippen molar-refractivity contribution in [2.45, 2.75) is 19.3 Å². The monoisotopic (exact) mass is 246 g/mol. The van der Waals surface area contributed by atoms with E-state index in [1.165, 1.54) is 13.4 Å². The molecule has 0 bridgehead atoms. The number of carboxylic acids is 1. The minimum absolute atomic E-state index is 0.256. The standard InChI is InChI=1S/C9H11BrO3/c1-13-5-7(9(11)12)6-3-2-4-8(6)10/h5H,2-4H2,1H3,(H,11,12)/b7-5+. The maximum atomic E-state index is 10.8. The van der Waals surface area contributed by atoms with E-state index in [1.807, 2.05) is 0 Å². The first-order valence-electron chi connectivity index (χ1n) is 4.01. The van der Waals surface area contributed by atoms with E-state index in [1.54, 1.807) is 0 Å². The first kappa shape index (κ1) is 10.3. The Morgan fingerprint density at radius 2 is 2.31 bits per heavy atom. The van der Waals surface area contributed by atoms with E-state index in [0.717, 1.165) is 29.3 Å². The summed E-state index contributed by atoms with van der Waals surface area (Å²) in [5.41, 5.74) is 1.11. The molecule has 1 aliphatic rings. The molecule has 3 nitrogen and oxygen atoms in total. The third kappa shape index (κ3) is 2.34. The molecule has 1 rings (SSSR count). The molecule has 0 aromatic heterocycles. The lowest BCUT2D eigenvalue weighted by atomic mass is 10.1. The Bertz CT molecular complexity index is 279. The summed E-state index contributed by atoms with van der Waals surface area (Å²) in [6.07, 6.45) is 4.01. The summed E-state index contributed by atoms with van der Waals surface area (Å²) < 4.78 is 5.71. The van der Waals surface area contributed by atoms with Gasteiger partial charge in [-0.2, -0.15) is 0 Å². The van der Waals surface area contributed by atoms with Gasteiger partial charge in [-0.05, 0) is 29.3 Å². The molecule has 13 heavy (non-hydrogen) atoms. The number of carboxylic acid groups (broad SMARTS) is 1. The van der Waals surface area contributed by atoms with Crippen LogP contribution in [0.5, 0.6) is 0 Å². The lowest BCUT2D eigenvalue weighted by molar-refractivity contribution is -0.132. The van der Waals surface area contributed by atoms with Gasteiger partial charge in [0.1, 0.15) is 0 Å². The van der Waals surface area contributed by atoms with Crippen molar-refractivity contribution >= 4 is 21.9 Å². The highest BCUT2D eigenvalue weighted by Gasteiger charge is 2.21. The van der Waals surface area contributed by atoms with Gasteiger partial charge in [0.05, 0.1) is 18.9 Å². The van der Waals surface area contributed by atoms with E-state index in [9.17, 15) is 4.79 Å². The smallest absolute Gasteiger partial charge is 0.339 e. The number of rotatable bonds is 3. The topological polar surface area (TPSA) is 46.5 Å². The van der Waals surface area contributed by atoms with Crippen LogP contribution in [0.3, 0.4) is 0 Å². The first-order chi connectivity index (χ1) is 6.16. The average Bonchev–Trinajstić information content (AvgIpc) is 2.47. The molecule has 0 aromatic carbocycles. The largest absolute Gasteiger partial charge is 0.503 e. The van der Waals surface area contributed by atoms with Gasteiger partial charge in [-0.3, -0.25) is 0 Å². The van der Waals surface area contributed by atoms with Gasteiger partial charge in [0, 0.05) is 0 Å². The second-order valence-electron chi connectivity index (χ2n) is 2.81. The van der Waals surface area contributed by atoms with Gasteiger partial charge < -0.3 is 9.84 Å². The zero-order valence-corrected chi connectivity index (χ0v) is 8.93. The molecule has 0 saturated heterocycles. The third-order valence-corrected chi connectivity index (χ3v) is 2.82. The van der Waals surface area contributed by atoms with Crippen LogP contribution in [0.1, 0.15) is 19.3 Å². The number of carbonyl (C=O) groups is 1. The van der Waals surface area contributed by atoms with Crippen molar-refractivity contribution in [1.29, 1.82) is 0 Å². The van der Waals surface area contributed by atoms with Crippen LogP contribution in [-0.4, -0.2) is 18.2 Å². The fourth-order valence-corrected chi connectivity index (χ4v) is 2.05. The van der Waals surface area contributed by atoms with Crippen LogP contribution < -0.4 is 0 Å². The molecular weight excluding hydrogens is 236 g/mol. The molecule has 0 spiro atoms. The number of halogens is 1. The Balaban J connectivity index is 2.95. The molecule has 0 heterocycles. The average molecular weight is 247 g/mol. The molecule has 0 aliphatic heterocycles. The Kier molecular flexibility index (Phi) is 3.54. The third-order valence-electron chi connectivity index (χ3n) is 1.94. The normalized spacial score (nSPS) is 17.8. The Hall–Kier alpha value is -0.770. The molecule has 0 atom stereocenters. The molecule has 1 aliphatic carbocycles. The van der Waals surface area contributed by atoms with Gasteiger partial charge in [-0.25, -0.2) is 4.79 Å².